The first-order valence-electron chi connectivity index (χ1n) is 12.2. The Hall–Kier alpha value is -2.56. The fourth-order valence-electron chi connectivity index (χ4n) is 2.39. The Bertz CT molecular complexity index is 1550. The van der Waals surface area contributed by atoms with Gasteiger partial charge in [0.1, 0.15) is 17.0 Å². The highest BCUT2D eigenvalue weighted by molar-refractivity contribution is 7.93. The molecule has 0 fully saturated rings. The summed E-state index contributed by atoms with van der Waals surface area (Å²) in [6.07, 6.45) is -0.799. The molecule has 1 aliphatic heterocycles. The summed E-state index contributed by atoms with van der Waals surface area (Å²) in [4.78, 5) is 12.3. The number of halogens is 1. The molecular formula is C18H15ClN2O6S2. The molecule has 0 aliphatic carbocycles. The number of nitrogens with zero attached hydrogens (tertiary/aromatic N) is 1. The first kappa shape index (κ1) is 11.6. The first-order valence-corrected chi connectivity index (χ1v) is 10.4. The molecule has 0 spiro atoms. The van der Waals surface area contributed by atoms with E-state index in [1.807, 2.05) is 4.72 Å². The number of ether oxygens (including phenoxy) is 2. The summed E-state index contributed by atoms with van der Waals surface area (Å²) in [5.41, 5.74) is -1.76. The van der Waals surface area contributed by atoms with Crippen LogP contribution in [0.2, 0.25) is 5.02 Å². The summed E-state index contributed by atoms with van der Waals surface area (Å²) >= 11 is 6.60. The maximum atomic E-state index is 13.2. The number of nitrogens with one attached hydrogen (secondary N) is 1. The summed E-state index contributed by atoms with van der Waals surface area (Å²) in [5.74, 6) is -2.40. The highest BCUT2D eigenvalue weighted by atomic mass is 35.5. The number of hydrogen-bond acceptors (Lipinski definition) is 8. The highest BCUT2D eigenvalue weighted by Gasteiger charge is 2.27. The number of ketones is 1. The number of rotatable bonds is 6. The molecule has 11 heteroatoms. The number of thiophene rings is 1. The van der Waals surface area contributed by atoms with Crippen LogP contribution in [-0.4, -0.2) is 26.1 Å². The van der Waals surface area contributed by atoms with Crippen LogP contribution in [0.3, 0.4) is 0 Å². The molecule has 0 amide bonds. The number of anilines is 1. The van der Waals surface area contributed by atoms with E-state index in [2.05, 4.69) is 5.16 Å². The third kappa shape index (κ3) is 3.70. The monoisotopic (exact) mass is 463 g/mol. The number of fused-ring (bicyclic) bond motifs is 1. The molecule has 3 heterocycles. The van der Waals surface area contributed by atoms with Crippen LogP contribution in [0.5, 0.6) is 11.5 Å². The van der Waals surface area contributed by atoms with Crippen LogP contribution in [0.4, 0.5) is 5.88 Å². The molecule has 0 bridgehead atoms. The van der Waals surface area contributed by atoms with Gasteiger partial charge in [-0.3, -0.25) is 4.79 Å². The maximum absolute atomic E-state index is 13.2. The number of carbonyl (C=O) groups excluding carboxylic acids is 1. The van der Waals surface area contributed by atoms with E-state index in [-0.39, 0.29) is 10.6 Å². The number of sulfonamides is 1. The van der Waals surface area contributed by atoms with Crippen molar-refractivity contribution in [2.24, 2.45) is 0 Å². The Labute approximate surface area is 188 Å². The number of aryl methyl sites for hydroxylation is 1. The predicted octanol–water partition coefficient (Wildman–Crippen LogP) is 3.96. The quantitative estimate of drug-likeness (QED) is 0.551. The first-order chi connectivity index (χ1) is 17.4. The average molecular weight is 464 g/mol. The fourth-order valence-corrected chi connectivity index (χ4v) is 4.95. The van der Waals surface area contributed by atoms with Gasteiger partial charge in [0, 0.05) is 14.6 Å². The molecule has 1 aliphatic rings. The third-order valence-electron chi connectivity index (χ3n) is 3.71. The van der Waals surface area contributed by atoms with Crippen LogP contribution in [-0.2, 0) is 16.4 Å². The van der Waals surface area contributed by atoms with Gasteiger partial charge in [0.05, 0.1) is 7.62 Å². The van der Waals surface area contributed by atoms with Gasteiger partial charge in [-0.25, -0.2) is 13.1 Å². The molecule has 2 aromatic heterocycles. The van der Waals surface area contributed by atoms with E-state index in [1.165, 1.54) is 5.38 Å². The van der Waals surface area contributed by atoms with Gasteiger partial charge in [-0.15, -0.1) is 11.3 Å². The third-order valence-corrected chi connectivity index (χ3v) is 6.52. The van der Waals surface area contributed by atoms with E-state index in [1.54, 1.807) is 0 Å². The molecule has 0 radical (unpaired) electrons. The molecule has 4 rings (SSSR count). The molecule has 152 valence electrons. The van der Waals surface area contributed by atoms with E-state index in [4.69, 9.17) is 37.9 Å². The van der Waals surface area contributed by atoms with Gasteiger partial charge in [0.2, 0.25) is 6.77 Å². The van der Waals surface area contributed by atoms with Crippen molar-refractivity contribution in [3.8, 4) is 11.5 Å². The molecule has 0 saturated heterocycles. The largest absolute Gasteiger partial charge is 0.454 e. The van der Waals surface area contributed by atoms with Crippen molar-refractivity contribution in [2.75, 3.05) is 11.5 Å². The van der Waals surface area contributed by atoms with Gasteiger partial charge in [-0.2, -0.15) is 0 Å². The molecule has 1 aromatic carbocycles. The van der Waals surface area contributed by atoms with E-state index < -0.39 is 93.2 Å². The second kappa shape index (κ2) is 7.36. The standard InChI is InChI=1S/C18H15ClN2O6S2/c1-9-5-13-14(26-8-25-13)7-11(9)6-12(22)17-15(3-4-28-17)29(23,24)21-18-16(19)10(2)20-27-18/h3-5,7,21H,6,8H2,1-2H3/i1D3,2D3,5D,7D,8D. The zero-order chi connectivity index (χ0) is 28.4. The number of aromatic nitrogens is 1. The normalized spacial score (nSPS) is 20.9. The van der Waals surface area contributed by atoms with Crippen molar-refractivity contribution in [1.29, 1.82) is 0 Å². The van der Waals surface area contributed by atoms with Crippen molar-refractivity contribution in [3.63, 3.8) is 0 Å². The second-order valence-corrected chi connectivity index (χ2v) is 8.53. The summed E-state index contributed by atoms with van der Waals surface area (Å²) in [6, 6.07) is -0.198. The number of benzene rings is 1. The van der Waals surface area contributed by atoms with E-state index in [0.717, 1.165) is 6.07 Å². The smallest absolute Gasteiger partial charge is 0.265 e. The van der Waals surface area contributed by atoms with E-state index >= 15 is 0 Å². The van der Waals surface area contributed by atoms with Gasteiger partial charge < -0.3 is 14.0 Å². The minimum Gasteiger partial charge on any atom is -0.454 e. The van der Waals surface area contributed by atoms with Crippen LogP contribution >= 0.6 is 22.9 Å². The second-order valence-electron chi connectivity index (χ2n) is 5.59. The van der Waals surface area contributed by atoms with Gasteiger partial charge in [-0.05, 0) is 48.4 Å². The Morgan fingerprint density at radius 3 is 2.93 bits per heavy atom. The Morgan fingerprint density at radius 2 is 2.21 bits per heavy atom. The van der Waals surface area contributed by atoms with Crippen LogP contribution in [0, 0.1) is 13.7 Å². The van der Waals surface area contributed by atoms with Crippen molar-refractivity contribution in [2.45, 2.75) is 25.0 Å². The molecular weight excluding hydrogens is 440 g/mol. The zero-order valence-electron chi connectivity index (χ0n) is 23.0. The maximum Gasteiger partial charge on any atom is 0.265 e. The molecule has 29 heavy (non-hydrogen) atoms. The van der Waals surface area contributed by atoms with Crippen LogP contribution < -0.4 is 14.2 Å². The topological polar surface area (TPSA) is 108 Å². The lowest BCUT2D eigenvalue weighted by Gasteiger charge is -2.09. The Balaban J connectivity index is 1.71. The molecule has 8 nitrogen and oxygen atoms in total. The predicted molar refractivity (Wildman–Crippen MR) is 107 cm³/mol. The summed E-state index contributed by atoms with van der Waals surface area (Å²) in [6.45, 7) is -7.39. The summed E-state index contributed by atoms with van der Waals surface area (Å²) in [7, 11) is -4.59. The molecule has 1 atom stereocenters. The highest BCUT2D eigenvalue weighted by Crippen LogP contribution is 2.36. The van der Waals surface area contributed by atoms with Crippen molar-refractivity contribution >= 4 is 44.6 Å². The fraction of sp³-hybridized carbons (Fsp3) is 0.222. The minimum absolute atomic E-state index is 0.359. The van der Waals surface area contributed by atoms with Gasteiger partial charge in [0.15, 0.2) is 17.3 Å². The van der Waals surface area contributed by atoms with Crippen molar-refractivity contribution in [1.82, 2.24) is 5.16 Å². The lowest BCUT2D eigenvalue weighted by Crippen LogP contribution is -2.16. The van der Waals surface area contributed by atoms with E-state index in [9.17, 15) is 13.2 Å². The van der Waals surface area contributed by atoms with Crippen molar-refractivity contribution < 1.29 is 39.5 Å². The number of Topliss-reactive ketones (excluding diaryl/α,β-unsaturated/α-hetero) is 1. The van der Waals surface area contributed by atoms with Crippen LogP contribution in [0.15, 0.2) is 32.9 Å². The van der Waals surface area contributed by atoms with Crippen molar-refractivity contribution in [3.05, 3.63) is 50.3 Å². The average Bonchev–Trinajstić information content (AvgIpc) is 3.49. The lowest BCUT2D eigenvalue weighted by atomic mass is 10.0. The van der Waals surface area contributed by atoms with Crippen LogP contribution in [0.1, 0.15) is 38.8 Å². The van der Waals surface area contributed by atoms with Gasteiger partial charge in [-0.1, -0.05) is 16.8 Å². The van der Waals surface area contributed by atoms with Gasteiger partial charge >= 0.3 is 0 Å². The summed E-state index contributed by atoms with van der Waals surface area (Å²) < 4.78 is 112. The van der Waals surface area contributed by atoms with E-state index in [0.29, 0.717) is 11.3 Å². The zero-order valence-corrected chi connectivity index (χ0v) is 16.4. The molecule has 0 saturated carbocycles. The number of hydrogen-bond donors (Lipinski definition) is 1. The SMILES string of the molecule is [2H]c1c(CC(=O)c2sccc2S(=O)(=O)Nc2onc(C([2H])([2H])[2H])c2Cl)c(C([2H])([2H])[2H])c([2H])c2c1OC([2H])O2. The minimum atomic E-state index is -4.59. The molecule has 1 unspecified atom stereocenters. The Kier molecular flexibility index (Phi) is 2.94. The molecule has 3 aromatic rings. The summed E-state index contributed by atoms with van der Waals surface area (Å²) in [5, 5.41) is 3.93. The van der Waals surface area contributed by atoms with Crippen LogP contribution in [0.25, 0.3) is 0 Å². The lowest BCUT2D eigenvalue weighted by molar-refractivity contribution is 0.0994. The van der Waals surface area contributed by atoms with Gasteiger partial charge in [0.25, 0.3) is 15.9 Å². The Morgan fingerprint density at radius 1 is 1.41 bits per heavy atom. The molecule has 1 N–H and O–H groups in total. The number of carbonyl (C=O) groups is 1.